The third-order valence-corrected chi connectivity index (χ3v) is 10.6. The van der Waals surface area contributed by atoms with Crippen LogP contribution < -0.4 is 15.8 Å². The summed E-state index contributed by atoms with van der Waals surface area (Å²) >= 11 is 0. The molecule has 240 valence electrons. The SMILES string of the molecule is C/C=C\C1=C(c2ccccc2)N2C(c3ccccc3)=C3/C=C\C/C(c4ccccc4)=c4/cc/c([nH]4)=C(\c4ccccc4)N1P2N3.C=CC=C. The molecule has 4 heterocycles. The Balaban J connectivity index is 0.000000898. The van der Waals surface area contributed by atoms with Crippen LogP contribution in [-0.4, -0.2) is 14.3 Å². The molecule has 1 atom stereocenters. The summed E-state index contributed by atoms with van der Waals surface area (Å²) in [5, 5.41) is 6.27. The molecule has 1 unspecified atom stereocenters. The monoisotopic (exact) mass is 654 g/mol. The first-order valence-electron chi connectivity index (χ1n) is 16.6. The number of H-pyrrole nitrogens is 1. The normalized spacial score (nSPS) is 19.5. The maximum atomic E-state index is 4.05. The summed E-state index contributed by atoms with van der Waals surface area (Å²) in [5.74, 6) is 0. The molecule has 4 aromatic carbocycles. The summed E-state index contributed by atoms with van der Waals surface area (Å²) in [6.07, 6.45) is 13.1. The van der Waals surface area contributed by atoms with E-state index in [0.29, 0.717) is 0 Å². The minimum Gasteiger partial charge on any atom is -0.354 e. The van der Waals surface area contributed by atoms with Gasteiger partial charge in [-0.2, -0.15) is 0 Å². The van der Waals surface area contributed by atoms with Crippen molar-refractivity contribution < 1.29 is 0 Å². The van der Waals surface area contributed by atoms with Crippen LogP contribution in [0.2, 0.25) is 0 Å². The maximum absolute atomic E-state index is 4.05. The summed E-state index contributed by atoms with van der Waals surface area (Å²) in [7, 11) is -1.09. The number of benzene rings is 4. The van der Waals surface area contributed by atoms with Crippen LogP contribution in [0.25, 0.3) is 22.7 Å². The third kappa shape index (κ3) is 6.15. The van der Waals surface area contributed by atoms with Crippen LogP contribution in [0.5, 0.6) is 0 Å². The Morgan fingerprint density at radius 2 is 1.10 bits per heavy atom. The van der Waals surface area contributed by atoms with E-state index in [4.69, 9.17) is 0 Å². The molecule has 0 amide bonds. The molecular weight excluding hydrogens is 615 g/mol. The lowest BCUT2D eigenvalue weighted by Gasteiger charge is -2.31. The molecule has 0 saturated heterocycles. The molecule has 8 rings (SSSR count). The molecule has 0 saturated carbocycles. The maximum Gasteiger partial charge on any atom is 0.215 e. The van der Waals surface area contributed by atoms with E-state index in [1.165, 1.54) is 33.7 Å². The second-order valence-corrected chi connectivity index (χ2v) is 13.3. The molecule has 4 nitrogen and oxygen atoms in total. The first kappa shape index (κ1) is 31.8. The van der Waals surface area contributed by atoms with E-state index in [2.05, 4.69) is 197 Å². The van der Waals surface area contributed by atoms with E-state index >= 15 is 0 Å². The molecule has 5 aromatic rings. The zero-order valence-corrected chi connectivity index (χ0v) is 28.5. The van der Waals surface area contributed by atoms with Gasteiger partial charge < -0.3 is 10.1 Å². The Morgan fingerprint density at radius 1 is 0.592 bits per heavy atom. The van der Waals surface area contributed by atoms with Gasteiger partial charge in [-0.3, -0.25) is 9.34 Å². The van der Waals surface area contributed by atoms with Crippen molar-refractivity contribution in [3.05, 3.63) is 227 Å². The van der Waals surface area contributed by atoms with Gasteiger partial charge in [-0.15, -0.1) is 0 Å². The van der Waals surface area contributed by atoms with Crippen LogP contribution >= 0.6 is 8.37 Å². The standard InChI is InChI=1S/C40H33N4P.C4H6/c1-2-16-37-40(32-23-13-6-14-24-32)44-39(31-21-11-5-12-22-31)36-26-15-25-33(29-17-7-3-8-18-29)34-27-28-35(41-34)38(43(37)45(44)42-36)30-19-9-4-10-20-30;1-3-4-2/h2-24,26-28,41-42H,25H2,1H3;3-4H,1-2H2/b16-2-,26-15-,34-33+,38-35-;. The molecule has 0 aliphatic carbocycles. The van der Waals surface area contributed by atoms with Gasteiger partial charge in [0.1, 0.15) is 0 Å². The van der Waals surface area contributed by atoms with Crippen molar-refractivity contribution in [2.24, 2.45) is 0 Å². The molecule has 0 fully saturated rings. The summed E-state index contributed by atoms with van der Waals surface area (Å²) in [5.41, 5.74) is 11.9. The van der Waals surface area contributed by atoms with Gasteiger partial charge >= 0.3 is 0 Å². The third-order valence-electron chi connectivity index (χ3n) is 8.59. The molecule has 3 aliphatic heterocycles. The highest BCUT2D eigenvalue weighted by Crippen LogP contribution is 2.65. The number of aromatic nitrogens is 1. The van der Waals surface area contributed by atoms with Crippen LogP contribution in [0.3, 0.4) is 0 Å². The van der Waals surface area contributed by atoms with Gasteiger partial charge in [0.05, 0.1) is 33.8 Å². The van der Waals surface area contributed by atoms with Gasteiger partial charge in [0.2, 0.25) is 8.37 Å². The number of hydrogen-bond acceptors (Lipinski definition) is 3. The molecule has 0 spiro atoms. The number of fused-ring (bicyclic) bond motifs is 3. The van der Waals surface area contributed by atoms with Gasteiger partial charge in [-0.25, -0.2) is 0 Å². The zero-order valence-electron chi connectivity index (χ0n) is 27.6. The van der Waals surface area contributed by atoms with Crippen molar-refractivity contribution in [2.75, 3.05) is 0 Å². The number of nitrogens with zero attached hydrogens (tertiary/aromatic N) is 2. The number of allylic oxidation sites excluding steroid dienone is 6. The van der Waals surface area contributed by atoms with E-state index < -0.39 is 8.37 Å². The fourth-order valence-corrected chi connectivity index (χ4v) is 8.84. The van der Waals surface area contributed by atoms with Crippen LogP contribution in [0.4, 0.5) is 0 Å². The van der Waals surface area contributed by atoms with Crippen molar-refractivity contribution in [1.82, 2.24) is 19.4 Å². The highest BCUT2D eigenvalue weighted by atomic mass is 31.1. The van der Waals surface area contributed by atoms with E-state index in [9.17, 15) is 0 Å². The van der Waals surface area contributed by atoms with Crippen LogP contribution in [0.15, 0.2) is 194 Å². The fraction of sp³-hybridized carbons (Fsp3) is 0.0455. The predicted octanol–water partition coefficient (Wildman–Crippen LogP) is 9.45. The Labute approximate surface area is 290 Å². The van der Waals surface area contributed by atoms with Crippen molar-refractivity contribution in [2.45, 2.75) is 13.3 Å². The Morgan fingerprint density at radius 3 is 1.65 bits per heavy atom. The lowest BCUT2D eigenvalue weighted by Crippen LogP contribution is -2.27. The second kappa shape index (κ2) is 14.5. The molecule has 0 radical (unpaired) electrons. The van der Waals surface area contributed by atoms with E-state index in [1.807, 2.05) is 0 Å². The quantitative estimate of drug-likeness (QED) is 0.141. The van der Waals surface area contributed by atoms with Gasteiger partial charge in [0.25, 0.3) is 0 Å². The lowest BCUT2D eigenvalue weighted by atomic mass is 10.0. The summed E-state index contributed by atoms with van der Waals surface area (Å²) in [4.78, 5) is 3.88. The first-order chi connectivity index (χ1) is 24.2. The summed E-state index contributed by atoms with van der Waals surface area (Å²) < 4.78 is 5.09. The summed E-state index contributed by atoms with van der Waals surface area (Å²) in [6, 6.07) is 47.6. The first-order valence-corrected chi connectivity index (χ1v) is 17.8. The largest absolute Gasteiger partial charge is 0.354 e. The predicted molar refractivity (Wildman–Crippen MR) is 207 cm³/mol. The number of nitrogens with one attached hydrogen (secondary N) is 2. The van der Waals surface area contributed by atoms with Gasteiger partial charge in [0.15, 0.2) is 0 Å². The Bertz CT molecular complexity index is 2200. The molecule has 49 heavy (non-hydrogen) atoms. The van der Waals surface area contributed by atoms with Crippen molar-refractivity contribution >= 4 is 31.0 Å². The Kier molecular flexibility index (Phi) is 9.41. The zero-order chi connectivity index (χ0) is 33.6. The van der Waals surface area contributed by atoms with E-state index in [0.717, 1.165) is 39.8 Å². The number of rotatable bonds is 6. The molecule has 3 aliphatic rings. The molecule has 2 N–H and O–H groups in total. The van der Waals surface area contributed by atoms with Gasteiger partial charge in [-0.1, -0.05) is 159 Å². The Hall–Kier alpha value is -5.83. The molecule has 4 bridgehead atoms. The second-order valence-electron chi connectivity index (χ2n) is 11.7. The van der Waals surface area contributed by atoms with E-state index in [-0.39, 0.29) is 0 Å². The van der Waals surface area contributed by atoms with Crippen molar-refractivity contribution in [3.63, 3.8) is 0 Å². The highest BCUT2D eigenvalue weighted by Gasteiger charge is 2.47. The van der Waals surface area contributed by atoms with Crippen molar-refractivity contribution in [1.29, 1.82) is 0 Å². The lowest BCUT2D eigenvalue weighted by molar-refractivity contribution is 0.786. The van der Waals surface area contributed by atoms with Gasteiger partial charge in [-0.05, 0) is 48.8 Å². The fourth-order valence-electron chi connectivity index (χ4n) is 6.47. The smallest absolute Gasteiger partial charge is 0.215 e. The summed E-state index contributed by atoms with van der Waals surface area (Å²) in [6.45, 7) is 8.83. The topological polar surface area (TPSA) is 34.3 Å². The minimum absolute atomic E-state index is 0.796. The molecule has 5 heteroatoms. The molecular formula is C44H39N4P. The van der Waals surface area contributed by atoms with Gasteiger partial charge in [0, 0.05) is 22.0 Å². The average molecular weight is 655 g/mol. The van der Waals surface area contributed by atoms with Crippen molar-refractivity contribution in [3.8, 4) is 0 Å². The number of aromatic amines is 1. The highest BCUT2D eigenvalue weighted by molar-refractivity contribution is 7.53. The van der Waals surface area contributed by atoms with Crippen LogP contribution in [-0.2, 0) is 0 Å². The van der Waals surface area contributed by atoms with Crippen LogP contribution in [0.1, 0.15) is 35.6 Å². The van der Waals surface area contributed by atoms with Crippen LogP contribution in [0, 0.1) is 0 Å². The average Bonchev–Trinajstić information content (AvgIpc) is 3.86. The minimum atomic E-state index is -1.09. The number of hydrogen-bond donors (Lipinski definition) is 2. The molecule has 1 aromatic heterocycles. The van der Waals surface area contributed by atoms with E-state index in [1.54, 1.807) is 12.2 Å².